The molecule has 3 rings (SSSR count). The number of ether oxygens (including phenoxy) is 1. The third kappa shape index (κ3) is 4.77. The number of hydrogen-bond donors (Lipinski definition) is 0. The van der Waals surface area contributed by atoms with Gasteiger partial charge in [0.1, 0.15) is 11.8 Å². The topological polar surface area (TPSA) is 72.1 Å². The fourth-order valence-electron chi connectivity index (χ4n) is 2.89. The molecule has 8 heteroatoms. The summed E-state index contributed by atoms with van der Waals surface area (Å²) >= 11 is 7.21. The monoisotopic (exact) mass is 420 g/mol. The van der Waals surface area contributed by atoms with E-state index in [0.29, 0.717) is 23.8 Å². The molecule has 0 spiro atoms. The van der Waals surface area contributed by atoms with Crippen molar-refractivity contribution >= 4 is 41.0 Å². The zero-order chi connectivity index (χ0) is 20.1. The third-order valence-corrected chi connectivity index (χ3v) is 5.65. The van der Waals surface area contributed by atoms with Gasteiger partial charge in [0.15, 0.2) is 0 Å². The molecule has 0 bridgehead atoms. The molecule has 1 aliphatic heterocycles. The zero-order valence-electron chi connectivity index (χ0n) is 15.6. The number of halogens is 1. The Labute approximate surface area is 172 Å². The highest BCUT2D eigenvalue weighted by molar-refractivity contribution is 8.01. The van der Waals surface area contributed by atoms with E-state index in [2.05, 4.69) is 5.10 Å². The second-order valence-electron chi connectivity index (χ2n) is 6.23. The van der Waals surface area contributed by atoms with Crippen molar-refractivity contribution in [1.82, 2.24) is 5.01 Å². The molecule has 0 radical (unpaired) electrons. The smallest absolute Gasteiger partial charge is 0.315 e. The summed E-state index contributed by atoms with van der Waals surface area (Å²) in [5, 5.41) is 6.23. The summed E-state index contributed by atoms with van der Waals surface area (Å²) in [5.74, 6) is 0.276. The van der Waals surface area contributed by atoms with E-state index < -0.39 is 5.25 Å². The number of rotatable bonds is 7. The number of carbonyl (C=O) groups is 2. The van der Waals surface area contributed by atoms with Crippen molar-refractivity contribution in [2.24, 2.45) is 5.10 Å². The molecule has 0 N–H and O–H groups in total. The molecule has 2 aromatic rings. The number of carbonyl (C=O) groups excluding carboxylic acids is 2. The molecule has 2 atom stereocenters. The standard InChI is InChI=1S/C20H21ClN2O4S/c1-3-26-19(24)12-28-13(2)20(25)23-17(18-5-4-10-27-18)11-16(22-23)14-6-8-15(21)9-7-14/h4-10,13,17H,3,11-12H2,1-2H3/t13-,17-/m0/s1. The molecule has 1 aromatic carbocycles. The first kappa shape index (κ1) is 20.5. The predicted octanol–water partition coefficient (Wildman–Crippen LogP) is 4.30. The number of nitrogens with zero attached hydrogens (tertiary/aromatic N) is 2. The summed E-state index contributed by atoms with van der Waals surface area (Å²) in [6, 6.07) is 10.7. The van der Waals surface area contributed by atoms with E-state index in [9.17, 15) is 9.59 Å². The van der Waals surface area contributed by atoms with Crippen molar-refractivity contribution in [3.63, 3.8) is 0 Å². The van der Waals surface area contributed by atoms with E-state index >= 15 is 0 Å². The fourth-order valence-corrected chi connectivity index (χ4v) is 3.73. The van der Waals surface area contributed by atoms with E-state index in [-0.39, 0.29) is 23.7 Å². The van der Waals surface area contributed by atoms with Crippen LogP contribution in [0.1, 0.15) is 37.6 Å². The van der Waals surface area contributed by atoms with Gasteiger partial charge in [0.05, 0.1) is 29.6 Å². The van der Waals surface area contributed by atoms with Crippen LogP contribution in [0, 0.1) is 0 Å². The van der Waals surface area contributed by atoms with Crippen LogP contribution >= 0.6 is 23.4 Å². The van der Waals surface area contributed by atoms with Crippen molar-refractivity contribution < 1.29 is 18.7 Å². The zero-order valence-corrected chi connectivity index (χ0v) is 17.2. The first-order valence-electron chi connectivity index (χ1n) is 8.96. The van der Waals surface area contributed by atoms with Crippen LogP contribution < -0.4 is 0 Å². The molecule has 0 saturated carbocycles. The van der Waals surface area contributed by atoms with Gasteiger partial charge in [0.25, 0.3) is 5.91 Å². The highest BCUT2D eigenvalue weighted by atomic mass is 35.5. The lowest BCUT2D eigenvalue weighted by molar-refractivity contribution is -0.139. The first-order chi connectivity index (χ1) is 13.5. The molecule has 0 saturated heterocycles. The van der Waals surface area contributed by atoms with E-state index in [4.69, 9.17) is 20.8 Å². The summed E-state index contributed by atoms with van der Waals surface area (Å²) < 4.78 is 10.5. The van der Waals surface area contributed by atoms with Crippen molar-refractivity contribution in [3.8, 4) is 0 Å². The molecule has 1 aliphatic rings. The summed E-state index contributed by atoms with van der Waals surface area (Å²) in [7, 11) is 0. The molecule has 1 aromatic heterocycles. The van der Waals surface area contributed by atoms with Crippen molar-refractivity contribution in [2.45, 2.75) is 31.6 Å². The minimum atomic E-state index is -0.449. The van der Waals surface area contributed by atoms with Gasteiger partial charge in [-0.15, -0.1) is 11.8 Å². The fraction of sp³-hybridized carbons (Fsp3) is 0.350. The van der Waals surface area contributed by atoms with E-state index in [1.54, 1.807) is 38.3 Å². The summed E-state index contributed by atoms with van der Waals surface area (Å²) in [6.07, 6.45) is 2.12. The molecule has 0 fully saturated rings. The molecule has 6 nitrogen and oxygen atoms in total. The van der Waals surface area contributed by atoms with E-state index in [0.717, 1.165) is 11.3 Å². The lowest BCUT2D eigenvalue weighted by Crippen LogP contribution is -2.33. The molecule has 0 unspecified atom stereocenters. The van der Waals surface area contributed by atoms with E-state index in [1.165, 1.54) is 16.8 Å². The highest BCUT2D eigenvalue weighted by Gasteiger charge is 2.37. The second kappa shape index (κ2) is 9.30. The van der Waals surface area contributed by atoms with Crippen LogP contribution in [0.4, 0.5) is 0 Å². The number of thioether (sulfide) groups is 1. The Bertz CT molecular complexity index is 852. The van der Waals surface area contributed by atoms with Crippen molar-refractivity contribution in [1.29, 1.82) is 0 Å². The quantitative estimate of drug-likeness (QED) is 0.624. The Morgan fingerprint density at radius 1 is 1.36 bits per heavy atom. The van der Waals surface area contributed by atoms with Crippen LogP contribution in [0.3, 0.4) is 0 Å². The molecule has 1 amide bonds. The predicted molar refractivity (Wildman–Crippen MR) is 109 cm³/mol. The maximum absolute atomic E-state index is 13.0. The highest BCUT2D eigenvalue weighted by Crippen LogP contribution is 2.34. The average Bonchev–Trinajstić information content (AvgIpc) is 3.36. The minimum Gasteiger partial charge on any atom is -0.467 e. The van der Waals surface area contributed by atoms with Gasteiger partial charge in [-0.3, -0.25) is 9.59 Å². The number of esters is 1. The molecular weight excluding hydrogens is 400 g/mol. The first-order valence-corrected chi connectivity index (χ1v) is 10.4. The summed E-state index contributed by atoms with van der Waals surface area (Å²) in [5.41, 5.74) is 1.69. The van der Waals surface area contributed by atoms with E-state index in [1.807, 2.05) is 18.2 Å². The van der Waals surface area contributed by atoms with Gasteiger partial charge in [-0.2, -0.15) is 5.10 Å². The number of benzene rings is 1. The van der Waals surface area contributed by atoms with Crippen LogP contribution in [0.2, 0.25) is 5.02 Å². The SMILES string of the molecule is CCOC(=O)CS[C@@H](C)C(=O)N1N=C(c2ccc(Cl)cc2)C[C@H]1c1ccco1. The van der Waals surface area contributed by atoms with Gasteiger partial charge in [0, 0.05) is 11.4 Å². The van der Waals surface area contributed by atoms with Crippen LogP contribution in [0.15, 0.2) is 52.2 Å². The molecule has 28 heavy (non-hydrogen) atoms. The largest absolute Gasteiger partial charge is 0.467 e. The summed E-state index contributed by atoms with van der Waals surface area (Å²) in [6.45, 7) is 3.84. The Morgan fingerprint density at radius 3 is 2.75 bits per heavy atom. The number of amides is 1. The molecule has 0 aliphatic carbocycles. The summed E-state index contributed by atoms with van der Waals surface area (Å²) in [4.78, 5) is 24.6. The number of hydrazone groups is 1. The molecular formula is C20H21ClN2O4S. The van der Waals surface area contributed by atoms with Gasteiger partial charge in [-0.1, -0.05) is 23.7 Å². The normalized spacial score (nSPS) is 17.3. The van der Waals surface area contributed by atoms with Crippen LogP contribution in [-0.2, 0) is 14.3 Å². The van der Waals surface area contributed by atoms with Crippen molar-refractivity contribution in [3.05, 3.63) is 59.0 Å². The van der Waals surface area contributed by atoms with Gasteiger partial charge in [0.2, 0.25) is 0 Å². The van der Waals surface area contributed by atoms with Gasteiger partial charge >= 0.3 is 5.97 Å². The average molecular weight is 421 g/mol. The minimum absolute atomic E-state index is 0.119. The van der Waals surface area contributed by atoms with Crippen molar-refractivity contribution in [2.75, 3.05) is 12.4 Å². The van der Waals surface area contributed by atoms with Gasteiger partial charge in [-0.25, -0.2) is 5.01 Å². The van der Waals surface area contributed by atoms with Crippen LogP contribution in [-0.4, -0.2) is 40.2 Å². The Hall–Kier alpha value is -2.25. The molecule has 2 heterocycles. The molecule has 148 valence electrons. The Morgan fingerprint density at radius 2 is 2.11 bits per heavy atom. The maximum Gasteiger partial charge on any atom is 0.315 e. The third-order valence-electron chi connectivity index (χ3n) is 4.29. The lowest BCUT2D eigenvalue weighted by Gasteiger charge is -2.22. The second-order valence-corrected chi connectivity index (χ2v) is 8.00. The van der Waals surface area contributed by atoms with Crippen LogP contribution in [0.5, 0.6) is 0 Å². The maximum atomic E-state index is 13.0. The number of hydrogen-bond acceptors (Lipinski definition) is 6. The number of furan rings is 1. The Balaban J connectivity index is 1.78. The lowest BCUT2D eigenvalue weighted by atomic mass is 10.0. The Kier molecular flexibility index (Phi) is 6.80. The van der Waals surface area contributed by atoms with Gasteiger partial charge in [-0.05, 0) is 43.7 Å². The van der Waals surface area contributed by atoms with Gasteiger partial charge < -0.3 is 9.15 Å². The van der Waals surface area contributed by atoms with Crippen LogP contribution in [0.25, 0.3) is 0 Å².